The largest absolute Gasteiger partial charge is 0.326 e. The summed E-state index contributed by atoms with van der Waals surface area (Å²) in [6.07, 6.45) is 3.16. The molecule has 2 aliphatic rings. The van der Waals surface area contributed by atoms with Crippen molar-refractivity contribution < 1.29 is 9.72 Å². The number of amides is 1. The van der Waals surface area contributed by atoms with Crippen molar-refractivity contribution in [3.63, 3.8) is 0 Å². The normalized spacial score (nSPS) is 27.7. The Kier molecular flexibility index (Phi) is 2.93. The van der Waals surface area contributed by atoms with Crippen molar-refractivity contribution in [1.29, 1.82) is 0 Å². The van der Waals surface area contributed by atoms with Crippen LogP contribution in [0, 0.1) is 27.9 Å². The Labute approximate surface area is 115 Å². The summed E-state index contributed by atoms with van der Waals surface area (Å²) in [7, 11) is 0. The maximum absolute atomic E-state index is 12.0. The van der Waals surface area contributed by atoms with Gasteiger partial charge in [-0.25, -0.2) is 0 Å². The SMILES string of the molecule is O=C(Nc1ccc(Cl)c([N+](=O)[O-])c1)C1CC2CC2C1. The van der Waals surface area contributed by atoms with Crippen molar-refractivity contribution >= 4 is 28.9 Å². The van der Waals surface area contributed by atoms with E-state index in [2.05, 4.69) is 5.32 Å². The molecule has 100 valence electrons. The van der Waals surface area contributed by atoms with E-state index in [4.69, 9.17) is 11.6 Å². The fourth-order valence-corrected chi connectivity index (χ4v) is 3.09. The molecule has 5 nitrogen and oxygen atoms in total. The first-order valence-electron chi connectivity index (χ1n) is 6.29. The molecule has 6 heteroatoms. The molecule has 2 unspecified atom stereocenters. The fraction of sp³-hybridized carbons (Fsp3) is 0.462. The molecule has 3 rings (SSSR count). The van der Waals surface area contributed by atoms with Crippen LogP contribution in [0.5, 0.6) is 0 Å². The highest BCUT2D eigenvalue weighted by molar-refractivity contribution is 6.32. The number of carbonyl (C=O) groups is 1. The van der Waals surface area contributed by atoms with Gasteiger partial charge in [0.15, 0.2) is 0 Å². The van der Waals surface area contributed by atoms with E-state index in [1.165, 1.54) is 18.6 Å². The average molecular weight is 281 g/mol. The quantitative estimate of drug-likeness (QED) is 0.682. The van der Waals surface area contributed by atoms with Gasteiger partial charge in [0.1, 0.15) is 5.02 Å². The van der Waals surface area contributed by atoms with Gasteiger partial charge in [-0.15, -0.1) is 0 Å². The Morgan fingerprint density at radius 1 is 1.32 bits per heavy atom. The number of halogens is 1. The topological polar surface area (TPSA) is 72.2 Å². The van der Waals surface area contributed by atoms with E-state index < -0.39 is 4.92 Å². The van der Waals surface area contributed by atoms with E-state index in [0.717, 1.165) is 24.7 Å². The highest BCUT2D eigenvalue weighted by Gasteiger charge is 2.47. The van der Waals surface area contributed by atoms with Gasteiger partial charge < -0.3 is 5.32 Å². The number of hydrogen-bond acceptors (Lipinski definition) is 3. The van der Waals surface area contributed by atoms with Gasteiger partial charge in [-0.3, -0.25) is 14.9 Å². The highest BCUT2D eigenvalue weighted by atomic mass is 35.5. The number of rotatable bonds is 3. The molecule has 2 aliphatic carbocycles. The first kappa shape index (κ1) is 12.4. The van der Waals surface area contributed by atoms with Crippen LogP contribution in [0.1, 0.15) is 19.3 Å². The maximum atomic E-state index is 12.0. The summed E-state index contributed by atoms with van der Waals surface area (Å²) in [6, 6.07) is 4.32. The molecule has 0 aliphatic heterocycles. The zero-order valence-electron chi connectivity index (χ0n) is 10.1. The van der Waals surface area contributed by atoms with Gasteiger partial charge in [0.2, 0.25) is 5.91 Å². The second-order valence-electron chi connectivity index (χ2n) is 5.34. The molecule has 0 bridgehead atoms. The number of fused-ring (bicyclic) bond motifs is 1. The van der Waals surface area contributed by atoms with Gasteiger partial charge in [-0.05, 0) is 43.2 Å². The van der Waals surface area contributed by atoms with Crippen LogP contribution in [0.4, 0.5) is 11.4 Å². The molecule has 2 fully saturated rings. The molecule has 0 radical (unpaired) electrons. The van der Waals surface area contributed by atoms with E-state index in [-0.39, 0.29) is 22.5 Å². The molecular formula is C13H13ClN2O3. The number of nitrogens with zero attached hydrogens (tertiary/aromatic N) is 1. The van der Waals surface area contributed by atoms with Crippen molar-refractivity contribution in [2.75, 3.05) is 5.32 Å². The van der Waals surface area contributed by atoms with Crippen molar-refractivity contribution in [1.82, 2.24) is 0 Å². The lowest BCUT2D eigenvalue weighted by Crippen LogP contribution is -2.21. The number of nitro groups is 1. The van der Waals surface area contributed by atoms with Crippen LogP contribution in [-0.2, 0) is 4.79 Å². The zero-order chi connectivity index (χ0) is 13.6. The molecule has 19 heavy (non-hydrogen) atoms. The maximum Gasteiger partial charge on any atom is 0.289 e. The molecular weight excluding hydrogens is 268 g/mol. The van der Waals surface area contributed by atoms with Gasteiger partial charge >= 0.3 is 0 Å². The average Bonchev–Trinajstić information content (AvgIpc) is 2.98. The summed E-state index contributed by atoms with van der Waals surface area (Å²) < 4.78 is 0. The molecule has 0 aromatic heterocycles. The van der Waals surface area contributed by atoms with Crippen LogP contribution in [0.15, 0.2) is 18.2 Å². The molecule has 0 spiro atoms. The smallest absolute Gasteiger partial charge is 0.289 e. The van der Waals surface area contributed by atoms with Gasteiger partial charge in [0, 0.05) is 17.7 Å². The first-order chi connectivity index (χ1) is 9.04. The van der Waals surface area contributed by atoms with Crippen molar-refractivity contribution in [2.24, 2.45) is 17.8 Å². The number of nitro benzene ring substituents is 1. The number of hydrogen-bond donors (Lipinski definition) is 1. The van der Waals surface area contributed by atoms with E-state index in [1.54, 1.807) is 6.07 Å². The number of carbonyl (C=O) groups excluding carboxylic acids is 1. The summed E-state index contributed by atoms with van der Waals surface area (Å²) in [4.78, 5) is 22.3. The highest BCUT2D eigenvalue weighted by Crippen LogP contribution is 2.54. The Bertz CT molecular complexity index is 551. The third kappa shape index (κ3) is 2.42. The molecule has 2 atom stereocenters. The zero-order valence-corrected chi connectivity index (χ0v) is 10.9. The van der Waals surface area contributed by atoms with Crippen molar-refractivity contribution in [3.8, 4) is 0 Å². The molecule has 2 saturated carbocycles. The van der Waals surface area contributed by atoms with E-state index in [1.807, 2.05) is 0 Å². The second-order valence-corrected chi connectivity index (χ2v) is 5.74. The Balaban J connectivity index is 1.70. The minimum atomic E-state index is -0.553. The molecule has 0 saturated heterocycles. The van der Waals surface area contributed by atoms with Crippen molar-refractivity contribution in [2.45, 2.75) is 19.3 Å². The monoisotopic (exact) mass is 280 g/mol. The minimum absolute atomic E-state index is 0.0381. The van der Waals surface area contributed by atoms with Gasteiger partial charge in [-0.1, -0.05) is 11.6 Å². The predicted octanol–water partition coefficient (Wildman–Crippen LogP) is 3.23. The third-order valence-corrected chi connectivity index (χ3v) is 4.34. The number of benzene rings is 1. The lowest BCUT2D eigenvalue weighted by molar-refractivity contribution is -0.384. The predicted molar refractivity (Wildman–Crippen MR) is 71.1 cm³/mol. The lowest BCUT2D eigenvalue weighted by Gasteiger charge is -2.12. The summed E-state index contributed by atoms with van der Waals surface area (Å²) >= 11 is 5.73. The summed E-state index contributed by atoms with van der Waals surface area (Å²) in [5.41, 5.74) is 0.246. The lowest BCUT2D eigenvalue weighted by atomic mass is 10.0. The standard InChI is InChI=1S/C13H13ClN2O3/c14-11-2-1-10(6-12(11)16(18)19)15-13(17)9-4-7-3-8(7)5-9/h1-2,6-9H,3-5H2,(H,15,17). The molecule has 1 amide bonds. The fourth-order valence-electron chi connectivity index (χ4n) is 2.90. The van der Waals surface area contributed by atoms with Gasteiger partial charge in [0.05, 0.1) is 4.92 Å². The summed E-state index contributed by atoms with van der Waals surface area (Å²) in [6.45, 7) is 0. The second kappa shape index (κ2) is 4.49. The first-order valence-corrected chi connectivity index (χ1v) is 6.67. The molecule has 0 heterocycles. The van der Waals surface area contributed by atoms with Crippen molar-refractivity contribution in [3.05, 3.63) is 33.3 Å². The number of nitrogens with one attached hydrogen (secondary N) is 1. The third-order valence-electron chi connectivity index (χ3n) is 4.02. The Hall–Kier alpha value is -1.62. The van der Waals surface area contributed by atoms with E-state index >= 15 is 0 Å². The Morgan fingerprint density at radius 3 is 2.63 bits per heavy atom. The number of anilines is 1. The molecule has 1 aromatic rings. The van der Waals surface area contributed by atoms with Crippen LogP contribution in [0.2, 0.25) is 5.02 Å². The van der Waals surface area contributed by atoms with Gasteiger partial charge in [0.25, 0.3) is 5.69 Å². The van der Waals surface area contributed by atoms with Crippen LogP contribution in [0.3, 0.4) is 0 Å². The van der Waals surface area contributed by atoms with Crippen LogP contribution in [-0.4, -0.2) is 10.8 Å². The van der Waals surface area contributed by atoms with Gasteiger partial charge in [-0.2, -0.15) is 0 Å². The minimum Gasteiger partial charge on any atom is -0.326 e. The molecule has 1 N–H and O–H groups in total. The van der Waals surface area contributed by atoms with Crippen LogP contribution < -0.4 is 5.32 Å². The Morgan fingerprint density at radius 2 is 2.00 bits per heavy atom. The van der Waals surface area contributed by atoms with E-state index in [0.29, 0.717) is 5.69 Å². The van der Waals surface area contributed by atoms with Crippen LogP contribution in [0.25, 0.3) is 0 Å². The molecule has 1 aromatic carbocycles. The summed E-state index contributed by atoms with van der Waals surface area (Å²) in [5.74, 6) is 1.48. The summed E-state index contributed by atoms with van der Waals surface area (Å²) in [5, 5.41) is 13.6. The van der Waals surface area contributed by atoms with Crippen LogP contribution >= 0.6 is 11.6 Å². The van der Waals surface area contributed by atoms with E-state index in [9.17, 15) is 14.9 Å².